The highest BCUT2D eigenvalue weighted by atomic mass is 16.5. The van der Waals surface area contributed by atoms with Crippen molar-refractivity contribution >= 4 is 17.5 Å². The molecule has 0 bridgehead atoms. The van der Waals surface area contributed by atoms with Crippen LogP contribution in [0.3, 0.4) is 0 Å². The van der Waals surface area contributed by atoms with Crippen molar-refractivity contribution < 1.29 is 9.53 Å². The van der Waals surface area contributed by atoms with Crippen LogP contribution in [-0.4, -0.2) is 17.5 Å². The average molecular weight is 235 g/mol. The molecule has 0 aromatic carbocycles. The number of nitrogens with one attached hydrogen (secondary N) is 1. The Labute approximate surface area is 100 Å². The molecule has 2 rings (SSSR count). The molecule has 5 heteroatoms. The number of carbonyl (C=O) groups excluding carboxylic acids is 1. The van der Waals surface area contributed by atoms with E-state index in [-0.39, 0.29) is 12.6 Å². The minimum Gasteiger partial charge on any atom is -0.457 e. The van der Waals surface area contributed by atoms with Crippen LogP contribution in [0.2, 0.25) is 0 Å². The molecule has 1 aliphatic heterocycles. The third-order valence-electron chi connectivity index (χ3n) is 2.91. The molecule has 0 unspecified atom stereocenters. The number of cyclic esters (lactones) is 1. The van der Waals surface area contributed by atoms with Gasteiger partial charge in [-0.1, -0.05) is 13.3 Å². The molecule has 0 radical (unpaired) electrons. The third kappa shape index (κ3) is 2.05. The second-order valence-electron chi connectivity index (χ2n) is 4.17. The maximum Gasteiger partial charge on any atom is 0.342 e. The van der Waals surface area contributed by atoms with Gasteiger partial charge in [-0.05, 0) is 13.3 Å². The highest BCUT2D eigenvalue weighted by Crippen LogP contribution is 2.32. The lowest BCUT2D eigenvalue weighted by atomic mass is 10.1. The topological polar surface area (TPSA) is 77.2 Å². The number of hydrogen-bond donors (Lipinski definition) is 2. The zero-order valence-corrected chi connectivity index (χ0v) is 10.2. The summed E-state index contributed by atoms with van der Waals surface area (Å²) in [4.78, 5) is 16.0. The maximum absolute atomic E-state index is 11.6. The van der Waals surface area contributed by atoms with E-state index in [4.69, 9.17) is 10.5 Å². The molecular weight excluding hydrogens is 218 g/mol. The summed E-state index contributed by atoms with van der Waals surface area (Å²) in [6.45, 7) is 5.00. The van der Waals surface area contributed by atoms with Gasteiger partial charge in [-0.3, -0.25) is 0 Å². The second-order valence-corrected chi connectivity index (χ2v) is 4.17. The van der Waals surface area contributed by atoms with Crippen LogP contribution in [0.25, 0.3) is 0 Å². The van der Waals surface area contributed by atoms with Gasteiger partial charge in [-0.15, -0.1) is 0 Å². The van der Waals surface area contributed by atoms with Gasteiger partial charge in [0.05, 0.1) is 11.4 Å². The number of pyridine rings is 1. The first-order valence-electron chi connectivity index (χ1n) is 5.85. The van der Waals surface area contributed by atoms with Gasteiger partial charge >= 0.3 is 5.97 Å². The minimum absolute atomic E-state index is 0.256. The molecule has 0 spiro atoms. The first-order chi connectivity index (χ1) is 8.15. The van der Waals surface area contributed by atoms with Crippen LogP contribution >= 0.6 is 0 Å². The Hall–Kier alpha value is -1.78. The SMILES string of the molecule is CCCCNc1nc(C)c(N)c2c1C(=O)OC2. The second kappa shape index (κ2) is 4.61. The summed E-state index contributed by atoms with van der Waals surface area (Å²) >= 11 is 0. The number of fused-ring (bicyclic) bond motifs is 1. The molecular formula is C12H17N3O2. The third-order valence-corrected chi connectivity index (χ3v) is 2.91. The van der Waals surface area contributed by atoms with Crippen molar-refractivity contribution in [2.75, 3.05) is 17.6 Å². The maximum atomic E-state index is 11.6. The number of carbonyl (C=O) groups is 1. The lowest BCUT2D eigenvalue weighted by molar-refractivity contribution is 0.0536. The minimum atomic E-state index is -0.335. The van der Waals surface area contributed by atoms with Crippen molar-refractivity contribution in [3.63, 3.8) is 0 Å². The molecule has 92 valence electrons. The van der Waals surface area contributed by atoms with E-state index >= 15 is 0 Å². The number of hydrogen-bond acceptors (Lipinski definition) is 5. The Morgan fingerprint density at radius 2 is 2.29 bits per heavy atom. The summed E-state index contributed by atoms with van der Waals surface area (Å²) in [6.07, 6.45) is 2.13. The molecule has 17 heavy (non-hydrogen) atoms. The first kappa shape index (κ1) is 11.7. The molecule has 3 N–H and O–H groups in total. The molecule has 0 amide bonds. The van der Waals surface area contributed by atoms with E-state index in [0.717, 1.165) is 30.6 Å². The van der Waals surface area contributed by atoms with Crippen LogP contribution in [-0.2, 0) is 11.3 Å². The summed E-state index contributed by atoms with van der Waals surface area (Å²) < 4.78 is 5.01. The van der Waals surface area contributed by atoms with Gasteiger partial charge < -0.3 is 15.8 Å². The van der Waals surface area contributed by atoms with Crippen LogP contribution in [0, 0.1) is 6.92 Å². The predicted molar refractivity (Wildman–Crippen MR) is 65.9 cm³/mol. The highest BCUT2D eigenvalue weighted by molar-refractivity contribution is 6.00. The fraction of sp³-hybridized carbons (Fsp3) is 0.500. The molecule has 0 saturated carbocycles. The highest BCUT2D eigenvalue weighted by Gasteiger charge is 2.29. The van der Waals surface area contributed by atoms with Gasteiger partial charge in [0.15, 0.2) is 0 Å². The molecule has 1 aliphatic rings. The van der Waals surface area contributed by atoms with Crippen molar-refractivity contribution in [2.45, 2.75) is 33.3 Å². The summed E-state index contributed by atoms with van der Waals surface area (Å²) in [5.74, 6) is 0.265. The molecule has 2 heterocycles. The van der Waals surface area contributed by atoms with Crippen LogP contribution in [0.1, 0.15) is 41.4 Å². The van der Waals surface area contributed by atoms with Crippen LogP contribution in [0.15, 0.2) is 0 Å². The van der Waals surface area contributed by atoms with Gasteiger partial charge in [0, 0.05) is 12.1 Å². The standard InChI is InChI=1S/C12H17N3O2/c1-3-4-5-14-11-9-8(6-17-12(9)16)10(13)7(2)15-11/h3-6,13H2,1-2H3,(H,14,15). The lowest BCUT2D eigenvalue weighted by Crippen LogP contribution is -2.11. The molecule has 5 nitrogen and oxygen atoms in total. The molecule has 1 aromatic heterocycles. The number of rotatable bonds is 4. The number of nitrogens with zero attached hydrogens (tertiary/aromatic N) is 1. The fourth-order valence-corrected chi connectivity index (χ4v) is 1.87. The number of unbranched alkanes of at least 4 members (excludes halogenated alkanes) is 1. The predicted octanol–water partition coefficient (Wildman–Crippen LogP) is 1.85. The molecule has 0 atom stereocenters. The van der Waals surface area contributed by atoms with Gasteiger partial charge in [-0.2, -0.15) is 0 Å². The van der Waals surface area contributed by atoms with Crippen molar-refractivity contribution in [1.29, 1.82) is 0 Å². The van der Waals surface area contributed by atoms with Crippen LogP contribution in [0.5, 0.6) is 0 Å². The van der Waals surface area contributed by atoms with Crippen LogP contribution < -0.4 is 11.1 Å². The van der Waals surface area contributed by atoms with E-state index in [2.05, 4.69) is 17.2 Å². The molecule has 0 aliphatic carbocycles. The summed E-state index contributed by atoms with van der Waals surface area (Å²) in [7, 11) is 0. The van der Waals surface area contributed by atoms with Crippen molar-refractivity contribution in [3.8, 4) is 0 Å². The summed E-state index contributed by atoms with van der Waals surface area (Å²) in [5, 5.41) is 3.18. The Morgan fingerprint density at radius 1 is 1.53 bits per heavy atom. The van der Waals surface area contributed by atoms with E-state index < -0.39 is 0 Å². The smallest absolute Gasteiger partial charge is 0.342 e. The fourth-order valence-electron chi connectivity index (χ4n) is 1.87. The van der Waals surface area contributed by atoms with E-state index in [1.807, 2.05) is 6.92 Å². The first-order valence-corrected chi connectivity index (χ1v) is 5.85. The van der Waals surface area contributed by atoms with Crippen molar-refractivity contribution in [3.05, 3.63) is 16.8 Å². The van der Waals surface area contributed by atoms with Crippen molar-refractivity contribution in [2.24, 2.45) is 0 Å². The Balaban J connectivity index is 2.35. The Bertz CT molecular complexity index is 458. The summed E-state index contributed by atoms with van der Waals surface area (Å²) in [6, 6.07) is 0. The van der Waals surface area contributed by atoms with E-state index in [0.29, 0.717) is 17.1 Å². The molecule has 1 aromatic rings. The van der Waals surface area contributed by atoms with Gasteiger partial charge in [-0.25, -0.2) is 9.78 Å². The number of esters is 1. The number of anilines is 2. The molecule has 0 fully saturated rings. The Morgan fingerprint density at radius 3 is 3.00 bits per heavy atom. The monoisotopic (exact) mass is 235 g/mol. The largest absolute Gasteiger partial charge is 0.457 e. The van der Waals surface area contributed by atoms with E-state index in [1.54, 1.807) is 0 Å². The van der Waals surface area contributed by atoms with E-state index in [9.17, 15) is 4.79 Å². The normalized spacial score (nSPS) is 13.4. The van der Waals surface area contributed by atoms with Crippen LogP contribution in [0.4, 0.5) is 11.5 Å². The zero-order chi connectivity index (χ0) is 12.4. The average Bonchev–Trinajstić information content (AvgIpc) is 2.68. The summed E-state index contributed by atoms with van der Waals surface area (Å²) in [5.41, 5.74) is 8.47. The number of ether oxygens (including phenoxy) is 1. The number of nitrogen functional groups attached to an aromatic ring is 1. The number of nitrogens with two attached hydrogens (primary N) is 1. The Kier molecular flexibility index (Phi) is 3.17. The quantitative estimate of drug-likeness (QED) is 0.615. The van der Waals surface area contributed by atoms with Crippen molar-refractivity contribution in [1.82, 2.24) is 4.98 Å². The molecule has 0 saturated heterocycles. The van der Waals surface area contributed by atoms with Gasteiger partial charge in [0.25, 0.3) is 0 Å². The van der Waals surface area contributed by atoms with Gasteiger partial charge in [0.2, 0.25) is 0 Å². The van der Waals surface area contributed by atoms with E-state index in [1.165, 1.54) is 0 Å². The number of aromatic nitrogens is 1. The number of aryl methyl sites for hydroxylation is 1. The zero-order valence-electron chi connectivity index (χ0n) is 10.2. The van der Waals surface area contributed by atoms with Gasteiger partial charge in [0.1, 0.15) is 18.0 Å². The lowest BCUT2D eigenvalue weighted by Gasteiger charge is -2.11.